The molecule has 0 saturated heterocycles. The van der Waals surface area contributed by atoms with Crippen LogP contribution in [0.15, 0.2) is 0 Å². The van der Waals surface area contributed by atoms with Gasteiger partial charge in [0.15, 0.2) is 0 Å². The third-order valence-corrected chi connectivity index (χ3v) is 3.61. The van der Waals surface area contributed by atoms with Gasteiger partial charge in [-0.25, -0.2) is 0 Å². The van der Waals surface area contributed by atoms with Crippen molar-refractivity contribution in [3.63, 3.8) is 0 Å². The Morgan fingerprint density at radius 3 is 2.47 bits per heavy atom. The van der Waals surface area contributed by atoms with E-state index in [-0.39, 0.29) is 0 Å². The third-order valence-electron chi connectivity index (χ3n) is 3.61. The summed E-state index contributed by atoms with van der Waals surface area (Å²) in [5.41, 5.74) is 0. The average molecular weight is 213 g/mol. The minimum absolute atomic E-state index is 0.597. The third kappa shape index (κ3) is 5.53. The van der Waals surface area contributed by atoms with Gasteiger partial charge in [-0.1, -0.05) is 33.1 Å². The van der Waals surface area contributed by atoms with Crippen molar-refractivity contribution in [2.45, 2.75) is 52.5 Å². The lowest BCUT2D eigenvalue weighted by Crippen LogP contribution is -2.33. The van der Waals surface area contributed by atoms with Crippen LogP contribution in [0.2, 0.25) is 0 Å². The molecule has 0 amide bonds. The van der Waals surface area contributed by atoms with E-state index in [2.05, 4.69) is 26.1 Å². The molecule has 1 fully saturated rings. The number of rotatable bonds is 8. The van der Waals surface area contributed by atoms with E-state index < -0.39 is 0 Å². The van der Waals surface area contributed by atoms with Crippen molar-refractivity contribution in [3.05, 3.63) is 0 Å². The van der Waals surface area contributed by atoms with Crippen molar-refractivity contribution < 1.29 is 4.74 Å². The first-order valence-electron chi connectivity index (χ1n) is 6.51. The Kier molecular flexibility index (Phi) is 6.26. The largest absolute Gasteiger partial charge is 0.380 e. The lowest BCUT2D eigenvalue weighted by atomic mass is 9.83. The summed E-state index contributed by atoms with van der Waals surface area (Å²) in [7, 11) is 0. The molecule has 0 aromatic rings. The van der Waals surface area contributed by atoms with Gasteiger partial charge in [0.2, 0.25) is 0 Å². The van der Waals surface area contributed by atoms with E-state index in [9.17, 15) is 0 Å². The Morgan fingerprint density at radius 1 is 1.20 bits per heavy atom. The second-order valence-corrected chi connectivity index (χ2v) is 5.18. The van der Waals surface area contributed by atoms with Crippen LogP contribution in [-0.4, -0.2) is 25.8 Å². The molecule has 0 radical (unpaired) electrons. The summed E-state index contributed by atoms with van der Waals surface area (Å²) in [6.07, 6.45) is 5.59. The van der Waals surface area contributed by atoms with E-state index >= 15 is 0 Å². The molecule has 1 unspecified atom stereocenters. The smallest absolute Gasteiger partial charge is 0.0591 e. The fourth-order valence-electron chi connectivity index (χ4n) is 1.73. The van der Waals surface area contributed by atoms with Crippen LogP contribution in [0, 0.1) is 11.8 Å². The molecule has 1 rings (SSSR count). The molecule has 0 aromatic heterocycles. The summed E-state index contributed by atoms with van der Waals surface area (Å²) >= 11 is 0. The van der Waals surface area contributed by atoms with Gasteiger partial charge in [0, 0.05) is 19.2 Å². The summed E-state index contributed by atoms with van der Waals surface area (Å²) in [6.45, 7) is 9.54. The van der Waals surface area contributed by atoms with Crippen LogP contribution in [-0.2, 0) is 4.74 Å². The highest BCUT2D eigenvalue weighted by Crippen LogP contribution is 2.28. The summed E-state index contributed by atoms with van der Waals surface area (Å²) in [5, 5.41) is 3.47. The zero-order valence-electron chi connectivity index (χ0n) is 10.6. The normalized spacial score (nSPS) is 19.2. The van der Waals surface area contributed by atoms with Crippen LogP contribution in [0.25, 0.3) is 0 Å². The Bertz CT molecular complexity index is 155. The first-order chi connectivity index (χ1) is 7.20. The molecule has 0 bridgehead atoms. The van der Waals surface area contributed by atoms with Gasteiger partial charge >= 0.3 is 0 Å². The maximum atomic E-state index is 5.61. The lowest BCUT2D eigenvalue weighted by molar-refractivity contribution is 0.106. The minimum Gasteiger partial charge on any atom is -0.380 e. The van der Waals surface area contributed by atoms with Gasteiger partial charge in [-0.05, 0) is 25.2 Å². The SMILES string of the molecule is CC(C)C(C)NCCOCCC1CCC1. The fourth-order valence-corrected chi connectivity index (χ4v) is 1.73. The standard InChI is InChI=1S/C13H27NO/c1-11(2)12(3)14-8-10-15-9-7-13-5-4-6-13/h11-14H,4-10H2,1-3H3. The molecular formula is C13H27NO. The van der Waals surface area contributed by atoms with Crippen molar-refractivity contribution in [2.75, 3.05) is 19.8 Å². The predicted molar refractivity (Wildman–Crippen MR) is 65.1 cm³/mol. The van der Waals surface area contributed by atoms with Crippen molar-refractivity contribution in [3.8, 4) is 0 Å². The van der Waals surface area contributed by atoms with Crippen LogP contribution in [0.1, 0.15) is 46.5 Å². The molecule has 0 spiro atoms. The number of nitrogens with one attached hydrogen (secondary N) is 1. The molecule has 2 nitrogen and oxygen atoms in total. The van der Waals surface area contributed by atoms with Gasteiger partial charge in [0.05, 0.1) is 6.61 Å². The second-order valence-electron chi connectivity index (χ2n) is 5.18. The van der Waals surface area contributed by atoms with Crippen LogP contribution >= 0.6 is 0 Å². The van der Waals surface area contributed by atoms with E-state index in [1.165, 1.54) is 25.7 Å². The fraction of sp³-hybridized carbons (Fsp3) is 1.00. The van der Waals surface area contributed by atoms with E-state index in [1.807, 2.05) is 0 Å². The summed E-state index contributed by atoms with van der Waals surface area (Å²) in [6, 6.07) is 0.597. The highest BCUT2D eigenvalue weighted by Gasteiger charge is 2.16. The number of hydrogen-bond donors (Lipinski definition) is 1. The van der Waals surface area contributed by atoms with Crippen molar-refractivity contribution >= 4 is 0 Å². The summed E-state index contributed by atoms with van der Waals surface area (Å²) in [5.74, 6) is 1.69. The molecule has 0 aliphatic heterocycles. The summed E-state index contributed by atoms with van der Waals surface area (Å²) < 4.78 is 5.61. The van der Waals surface area contributed by atoms with Gasteiger partial charge in [-0.2, -0.15) is 0 Å². The van der Waals surface area contributed by atoms with Gasteiger partial charge in [0.1, 0.15) is 0 Å². The Morgan fingerprint density at radius 2 is 1.93 bits per heavy atom. The zero-order chi connectivity index (χ0) is 11.1. The molecule has 1 aliphatic carbocycles. The van der Waals surface area contributed by atoms with Gasteiger partial charge < -0.3 is 10.1 Å². The molecule has 1 atom stereocenters. The average Bonchev–Trinajstić information content (AvgIpc) is 2.13. The highest BCUT2D eigenvalue weighted by atomic mass is 16.5. The minimum atomic E-state index is 0.597. The van der Waals surface area contributed by atoms with Gasteiger partial charge in [-0.15, -0.1) is 0 Å². The molecule has 0 heterocycles. The summed E-state index contributed by atoms with van der Waals surface area (Å²) in [4.78, 5) is 0. The monoisotopic (exact) mass is 213 g/mol. The molecule has 1 aliphatic rings. The van der Waals surface area contributed by atoms with Crippen molar-refractivity contribution in [2.24, 2.45) is 11.8 Å². The van der Waals surface area contributed by atoms with Crippen LogP contribution in [0.3, 0.4) is 0 Å². The van der Waals surface area contributed by atoms with Crippen molar-refractivity contribution in [1.29, 1.82) is 0 Å². The Hall–Kier alpha value is -0.0800. The molecule has 15 heavy (non-hydrogen) atoms. The molecule has 2 heteroatoms. The van der Waals surface area contributed by atoms with Gasteiger partial charge in [-0.3, -0.25) is 0 Å². The van der Waals surface area contributed by atoms with Crippen LogP contribution in [0.5, 0.6) is 0 Å². The maximum Gasteiger partial charge on any atom is 0.0591 e. The second kappa shape index (κ2) is 7.24. The topological polar surface area (TPSA) is 21.3 Å². The molecule has 0 aromatic carbocycles. The van der Waals surface area contributed by atoms with Crippen LogP contribution < -0.4 is 5.32 Å². The first kappa shape index (κ1) is 13.0. The highest BCUT2D eigenvalue weighted by molar-refractivity contribution is 4.69. The first-order valence-corrected chi connectivity index (χ1v) is 6.51. The molecule has 1 saturated carbocycles. The lowest BCUT2D eigenvalue weighted by Gasteiger charge is -2.25. The van der Waals surface area contributed by atoms with E-state index in [4.69, 9.17) is 4.74 Å². The van der Waals surface area contributed by atoms with E-state index in [1.54, 1.807) is 0 Å². The van der Waals surface area contributed by atoms with Crippen molar-refractivity contribution in [1.82, 2.24) is 5.32 Å². The number of ether oxygens (including phenoxy) is 1. The van der Waals surface area contributed by atoms with E-state index in [0.717, 1.165) is 25.7 Å². The Balaban J connectivity index is 1.80. The molecular weight excluding hydrogens is 186 g/mol. The molecule has 1 N–H and O–H groups in total. The quantitative estimate of drug-likeness (QED) is 0.626. The van der Waals surface area contributed by atoms with Crippen LogP contribution in [0.4, 0.5) is 0 Å². The number of hydrogen-bond acceptors (Lipinski definition) is 2. The Labute approximate surface area is 94.8 Å². The molecule has 90 valence electrons. The predicted octanol–water partition coefficient (Wildman–Crippen LogP) is 2.83. The zero-order valence-corrected chi connectivity index (χ0v) is 10.6. The maximum absolute atomic E-state index is 5.61. The van der Waals surface area contributed by atoms with Gasteiger partial charge in [0.25, 0.3) is 0 Å². The van der Waals surface area contributed by atoms with E-state index in [0.29, 0.717) is 12.0 Å².